The molecule has 0 bridgehead atoms. The summed E-state index contributed by atoms with van der Waals surface area (Å²) in [4.78, 5) is 42.1. The minimum Gasteiger partial charge on any atom is -0.296 e. The van der Waals surface area contributed by atoms with Crippen molar-refractivity contribution in [2.75, 3.05) is 0 Å². The average molecular weight is 370 g/mol. The van der Waals surface area contributed by atoms with Crippen molar-refractivity contribution in [1.82, 2.24) is 23.7 Å². The summed E-state index contributed by atoms with van der Waals surface area (Å²) in [7, 11) is 0. The molecule has 1 aliphatic rings. The minimum absolute atomic E-state index is 0.0242. The number of aryl methyl sites for hydroxylation is 1. The molecule has 0 saturated heterocycles. The van der Waals surface area contributed by atoms with Crippen molar-refractivity contribution < 1.29 is 0 Å². The van der Waals surface area contributed by atoms with Crippen molar-refractivity contribution in [3.63, 3.8) is 0 Å². The van der Waals surface area contributed by atoms with E-state index in [0.29, 0.717) is 11.4 Å². The van der Waals surface area contributed by atoms with E-state index in [1.165, 1.54) is 32.7 Å². The molecule has 132 valence electrons. The molecule has 0 atom stereocenters. The van der Waals surface area contributed by atoms with Gasteiger partial charge in [-0.25, -0.2) is 9.78 Å². The van der Waals surface area contributed by atoms with Crippen molar-refractivity contribution in [3.8, 4) is 6.07 Å². The summed E-state index contributed by atoms with van der Waals surface area (Å²) in [6.45, 7) is 1.77. The lowest BCUT2D eigenvalue weighted by Gasteiger charge is -2.09. The standard InChI is InChI=1S/C16H14N6O3S/c1-2-12-19-22-13(23)5-10(18-15(22)26-12)8-21-14(24)9(6-17)7-20(16(21)25)11-3-4-11/h5,7,11H,2-4,8H2,1H3. The lowest BCUT2D eigenvalue weighted by Crippen LogP contribution is -2.41. The van der Waals surface area contributed by atoms with Gasteiger partial charge in [-0.15, -0.1) is 0 Å². The maximum Gasteiger partial charge on any atom is 0.331 e. The highest BCUT2D eigenvalue weighted by Crippen LogP contribution is 2.33. The molecule has 0 aromatic carbocycles. The Kier molecular flexibility index (Phi) is 3.81. The molecule has 26 heavy (non-hydrogen) atoms. The highest BCUT2D eigenvalue weighted by molar-refractivity contribution is 7.16. The zero-order valence-electron chi connectivity index (χ0n) is 13.9. The zero-order chi connectivity index (χ0) is 18.4. The molecule has 0 unspecified atom stereocenters. The quantitative estimate of drug-likeness (QED) is 0.652. The molecular formula is C16H14N6O3S. The minimum atomic E-state index is -0.671. The third kappa shape index (κ3) is 2.66. The van der Waals surface area contributed by atoms with E-state index < -0.39 is 11.2 Å². The third-order valence-corrected chi connectivity index (χ3v) is 5.27. The maximum atomic E-state index is 12.6. The molecule has 0 aliphatic heterocycles. The lowest BCUT2D eigenvalue weighted by atomic mass is 10.3. The maximum absolute atomic E-state index is 12.6. The Labute approximate surface area is 150 Å². The fourth-order valence-electron chi connectivity index (χ4n) is 2.73. The van der Waals surface area contributed by atoms with Gasteiger partial charge in [0.2, 0.25) is 4.96 Å². The second-order valence-electron chi connectivity index (χ2n) is 6.10. The second-order valence-corrected chi connectivity index (χ2v) is 7.14. The van der Waals surface area contributed by atoms with Crippen LogP contribution in [0, 0.1) is 11.3 Å². The molecular weight excluding hydrogens is 356 g/mol. The van der Waals surface area contributed by atoms with E-state index >= 15 is 0 Å². The van der Waals surface area contributed by atoms with Crippen LogP contribution in [0.15, 0.2) is 26.6 Å². The monoisotopic (exact) mass is 370 g/mol. The van der Waals surface area contributed by atoms with E-state index in [9.17, 15) is 19.6 Å². The number of nitriles is 1. The van der Waals surface area contributed by atoms with Crippen LogP contribution in [0.3, 0.4) is 0 Å². The van der Waals surface area contributed by atoms with Gasteiger partial charge >= 0.3 is 5.69 Å². The number of aromatic nitrogens is 5. The SMILES string of the molecule is CCc1nn2c(=O)cc(Cn3c(=O)c(C#N)cn(C4CC4)c3=O)nc2s1. The van der Waals surface area contributed by atoms with Crippen LogP contribution in [-0.2, 0) is 13.0 Å². The molecule has 0 N–H and O–H groups in total. The first kappa shape index (κ1) is 16.4. The van der Waals surface area contributed by atoms with Crippen LogP contribution in [0.5, 0.6) is 0 Å². The average Bonchev–Trinajstić information content (AvgIpc) is 3.37. The Hall–Kier alpha value is -3.06. The zero-order valence-corrected chi connectivity index (χ0v) is 14.7. The Balaban J connectivity index is 1.85. The van der Waals surface area contributed by atoms with Crippen LogP contribution < -0.4 is 16.8 Å². The number of hydrogen-bond donors (Lipinski definition) is 0. The molecule has 1 saturated carbocycles. The van der Waals surface area contributed by atoms with Crippen LogP contribution in [0.25, 0.3) is 4.96 Å². The van der Waals surface area contributed by atoms with Crippen molar-refractivity contribution in [1.29, 1.82) is 5.26 Å². The Morgan fingerprint density at radius 2 is 2.12 bits per heavy atom. The van der Waals surface area contributed by atoms with Crippen LogP contribution in [-0.4, -0.2) is 23.7 Å². The number of fused-ring (bicyclic) bond motifs is 1. The van der Waals surface area contributed by atoms with Crippen LogP contribution >= 0.6 is 11.3 Å². The molecule has 4 rings (SSSR count). The lowest BCUT2D eigenvalue weighted by molar-refractivity contribution is 0.582. The number of nitrogens with zero attached hydrogens (tertiary/aromatic N) is 6. The van der Waals surface area contributed by atoms with Gasteiger partial charge in [-0.1, -0.05) is 18.3 Å². The van der Waals surface area contributed by atoms with Crippen LogP contribution in [0.2, 0.25) is 0 Å². The summed E-state index contributed by atoms with van der Waals surface area (Å²) in [5.74, 6) is 0. The van der Waals surface area contributed by atoms with E-state index in [-0.39, 0.29) is 29.4 Å². The first-order valence-corrected chi connectivity index (χ1v) is 8.98. The number of hydrogen-bond acceptors (Lipinski definition) is 7. The highest BCUT2D eigenvalue weighted by Gasteiger charge is 2.27. The van der Waals surface area contributed by atoms with Gasteiger partial charge in [0.15, 0.2) is 0 Å². The van der Waals surface area contributed by atoms with Gasteiger partial charge in [-0.05, 0) is 19.3 Å². The van der Waals surface area contributed by atoms with Crippen LogP contribution in [0.4, 0.5) is 0 Å². The largest absolute Gasteiger partial charge is 0.331 e. The predicted molar refractivity (Wildman–Crippen MR) is 93.6 cm³/mol. The second kappa shape index (κ2) is 6.03. The van der Waals surface area contributed by atoms with E-state index in [1.54, 1.807) is 0 Å². The number of rotatable bonds is 4. The predicted octanol–water partition coefficient (Wildman–Crippen LogP) is 0.292. The summed E-state index contributed by atoms with van der Waals surface area (Å²) in [5, 5.41) is 14.1. The van der Waals surface area contributed by atoms with Gasteiger partial charge in [0.1, 0.15) is 16.6 Å². The van der Waals surface area contributed by atoms with Crippen molar-refractivity contribution >= 4 is 16.3 Å². The van der Waals surface area contributed by atoms with E-state index in [2.05, 4.69) is 10.1 Å². The highest BCUT2D eigenvalue weighted by atomic mass is 32.1. The molecule has 3 heterocycles. The van der Waals surface area contributed by atoms with Gasteiger partial charge in [-0.3, -0.25) is 18.7 Å². The topological polar surface area (TPSA) is 115 Å². The summed E-state index contributed by atoms with van der Waals surface area (Å²) in [5.41, 5.74) is -1.33. The fraction of sp³-hybridized carbons (Fsp3) is 0.375. The Morgan fingerprint density at radius 1 is 1.35 bits per heavy atom. The molecule has 3 aromatic heterocycles. The first-order valence-electron chi connectivity index (χ1n) is 8.16. The molecule has 9 nitrogen and oxygen atoms in total. The van der Waals surface area contributed by atoms with Gasteiger partial charge in [0.25, 0.3) is 11.1 Å². The van der Waals surface area contributed by atoms with Crippen molar-refractivity contribution in [2.24, 2.45) is 0 Å². The summed E-state index contributed by atoms with van der Waals surface area (Å²) >= 11 is 1.29. The fourth-order valence-corrected chi connectivity index (χ4v) is 3.59. The normalized spacial score (nSPS) is 13.8. The molecule has 0 spiro atoms. The van der Waals surface area contributed by atoms with E-state index in [0.717, 1.165) is 22.4 Å². The first-order chi connectivity index (χ1) is 12.5. The molecule has 0 amide bonds. The molecule has 1 fully saturated rings. The van der Waals surface area contributed by atoms with Gasteiger partial charge < -0.3 is 0 Å². The molecule has 10 heteroatoms. The summed E-state index contributed by atoms with van der Waals surface area (Å²) < 4.78 is 3.61. The third-order valence-electron chi connectivity index (χ3n) is 4.22. The Bertz CT molecular complexity index is 1240. The molecule has 3 aromatic rings. The molecule has 0 radical (unpaired) electrons. The van der Waals surface area contributed by atoms with Gasteiger partial charge in [0.05, 0.1) is 12.2 Å². The Morgan fingerprint density at radius 3 is 2.77 bits per heavy atom. The van der Waals surface area contributed by atoms with E-state index in [1.807, 2.05) is 13.0 Å². The van der Waals surface area contributed by atoms with Crippen molar-refractivity contribution in [3.05, 3.63) is 59.7 Å². The van der Waals surface area contributed by atoms with Crippen LogP contribution in [0.1, 0.15) is 42.1 Å². The summed E-state index contributed by atoms with van der Waals surface area (Å²) in [6.07, 6.45) is 3.68. The summed E-state index contributed by atoms with van der Waals surface area (Å²) in [6, 6.07) is 3.12. The van der Waals surface area contributed by atoms with Gasteiger partial charge in [0, 0.05) is 18.3 Å². The van der Waals surface area contributed by atoms with Gasteiger partial charge in [-0.2, -0.15) is 14.9 Å². The van der Waals surface area contributed by atoms with E-state index in [4.69, 9.17) is 0 Å². The van der Waals surface area contributed by atoms with Crippen molar-refractivity contribution in [2.45, 2.75) is 38.8 Å². The smallest absolute Gasteiger partial charge is 0.296 e. The molecule has 1 aliphatic carbocycles.